The SMILES string of the molecule is CCOC(=O)[C@H]1CCCN(C(=O)C(C)C2CC2)C1. The van der Waals surface area contributed by atoms with Gasteiger partial charge < -0.3 is 9.64 Å². The highest BCUT2D eigenvalue weighted by Crippen LogP contribution is 2.37. The topological polar surface area (TPSA) is 46.6 Å². The molecule has 1 unspecified atom stereocenters. The fraction of sp³-hybridized carbons (Fsp3) is 0.857. The number of esters is 1. The van der Waals surface area contributed by atoms with Gasteiger partial charge in [0.25, 0.3) is 0 Å². The van der Waals surface area contributed by atoms with Crippen molar-refractivity contribution in [2.75, 3.05) is 19.7 Å². The lowest BCUT2D eigenvalue weighted by atomic mass is 9.96. The maximum absolute atomic E-state index is 12.3. The molecule has 0 aromatic rings. The zero-order chi connectivity index (χ0) is 13.1. The molecule has 0 aromatic heterocycles. The number of carbonyl (C=O) groups excluding carboxylic acids is 2. The number of amides is 1. The van der Waals surface area contributed by atoms with Crippen LogP contribution in [0.3, 0.4) is 0 Å². The molecule has 1 heterocycles. The first-order valence-corrected chi connectivity index (χ1v) is 7.09. The average Bonchev–Trinajstić information content (AvgIpc) is 3.22. The van der Waals surface area contributed by atoms with Crippen molar-refractivity contribution in [3.05, 3.63) is 0 Å². The quantitative estimate of drug-likeness (QED) is 0.718. The van der Waals surface area contributed by atoms with E-state index < -0.39 is 0 Å². The molecule has 1 saturated heterocycles. The molecular weight excluding hydrogens is 230 g/mol. The van der Waals surface area contributed by atoms with Gasteiger partial charge in [-0.05, 0) is 38.5 Å². The van der Waals surface area contributed by atoms with Gasteiger partial charge in [-0.1, -0.05) is 6.92 Å². The van der Waals surface area contributed by atoms with Crippen LogP contribution in [0.1, 0.15) is 39.5 Å². The second-order valence-electron chi connectivity index (χ2n) is 5.50. The second-order valence-corrected chi connectivity index (χ2v) is 5.50. The number of carbonyl (C=O) groups is 2. The first-order valence-electron chi connectivity index (χ1n) is 7.09. The van der Waals surface area contributed by atoms with Crippen LogP contribution in [-0.4, -0.2) is 36.5 Å². The number of hydrogen-bond donors (Lipinski definition) is 0. The Morgan fingerprint density at radius 2 is 2.06 bits per heavy atom. The predicted octanol–water partition coefficient (Wildman–Crippen LogP) is 1.83. The normalized spacial score (nSPS) is 25.7. The van der Waals surface area contributed by atoms with Crippen LogP contribution in [0, 0.1) is 17.8 Å². The molecule has 102 valence electrons. The van der Waals surface area contributed by atoms with Crippen molar-refractivity contribution in [1.29, 1.82) is 0 Å². The molecule has 0 N–H and O–H groups in total. The van der Waals surface area contributed by atoms with Crippen LogP contribution >= 0.6 is 0 Å². The molecular formula is C14H23NO3. The Kier molecular flexibility index (Phi) is 4.25. The van der Waals surface area contributed by atoms with Gasteiger partial charge in [-0.25, -0.2) is 0 Å². The van der Waals surface area contributed by atoms with Gasteiger partial charge in [0, 0.05) is 19.0 Å². The van der Waals surface area contributed by atoms with E-state index in [1.165, 1.54) is 12.8 Å². The predicted molar refractivity (Wildman–Crippen MR) is 67.8 cm³/mol. The van der Waals surface area contributed by atoms with Crippen LogP contribution in [0.25, 0.3) is 0 Å². The summed E-state index contributed by atoms with van der Waals surface area (Å²) in [5.41, 5.74) is 0. The molecule has 0 aromatic carbocycles. The fourth-order valence-electron chi connectivity index (χ4n) is 2.72. The third kappa shape index (κ3) is 3.03. The lowest BCUT2D eigenvalue weighted by Crippen LogP contribution is -2.45. The van der Waals surface area contributed by atoms with E-state index in [0.29, 0.717) is 19.1 Å². The maximum atomic E-state index is 12.3. The van der Waals surface area contributed by atoms with Crippen molar-refractivity contribution in [2.45, 2.75) is 39.5 Å². The van der Waals surface area contributed by atoms with Crippen LogP contribution in [0.5, 0.6) is 0 Å². The second kappa shape index (κ2) is 5.72. The van der Waals surface area contributed by atoms with Crippen molar-refractivity contribution < 1.29 is 14.3 Å². The molecule has 0 spiro atoms. The van der Waals surface area contributed by atoms with E-state index in [2.05, 4.69) is 0 Å². The summed E-state index contributed by atoms with van der Waals surface area (Å²) >= 11 is 0. The highest BCUT2D eigenvalue weighted by Gasteiger charge is 2.37. The van der Waals surface area contributed by atoms with Crippen LogP contribution in [-0.2, 0) is 14.3 Å². The van der Waals surface area contributed by atoms with Gasteiger partial charge in [0.1, 0.15) is 0 Å². The Bertz CT molecular complexity index is 325. The van der Waals surface area contributed by atoms with Gasteiger partial charge in [0.05, 0.1) is 12.5 Å². The van der Waals surface area contributed by atoms with Gasteiger partial charge in [-0.3, -0.25) is 9.59 Å². The minimum absolute atomic E-state index is 0.117. The van der Waals surface area contributed by atoms with Crippen molar-refractivity contribution in [3.8, 4) is 0 Å². The molecule has 2 rings (SSSR count). The zero-order valence-corrected chi connectivity index (χ0v) is 11.4. The van der Waals surface area contributed by atoms with Crippen LogP contribution < -0.4 is 0 Å². The van der Waals surface area contributed by atoms with Crippen molar-refractivity contribution in [3.63, 3.8) is 0 Å². The van der Waals surface area contributed by atoms with Crippen LogP contribution in [0.2, 0.25) is 0 Å². The number of piperidine rings is 1. The lowest BCUT2D eigenvalue weighted by Gasteiger charge is -2.33. The Morgan fingerprint density at radius 1 is 1.33 bits per heavy atom. The van der Waals surface area contributed by atoms with Gasteiger partial charge in [-0.15, -0.1) is 0 Å². The van der Waals surface area contributed by atoms with E-state index in [1.54, 1.807) is 0 Å². The Morgan fingerprint density at radius 3 is 2.67 bits per heavy atom. The summed E-state index contributed by atoms with van der Waals surface area (Å²) in [6, 6.07) is 0. The maximum Gasteiger partial charge on any atom is 0.310 e. The minimum Gasteiger partial charge on any atom is -0.466 e. The van der Waals surface area contributed by atoms with E-state index in [1.807, 2.05) is 18.7 Å². The summed E-state index contributed by atoms with van der Waals surface area (Å²) in [4.78, 5) is 25.9. The number of likely N-dealkylation sites (tertiary alicyclic amines) is 1. The van der Waals surface area contributed by atoms with Gasteiger partial charge in [0.2, 0.25) is 5.91 Å². The molecule has 4 heteroatoms. The van der Waals surface area contributed by atoms with E-state index in [-0.39, 0.29) is 23.7 Å². The van der Waals surface area contributed by atoms with Gasteiger partial charge >= 0.3 is 5.97 Å². The molecule has 4 nitrogen and oxygen atoms in total. The standard InChI is InChI=1S/C14H23NO3/c1-3-18-14(17)12-5-4-8-15(9-12)13(16)10(2)11-6-7-11/h10-12H,3-9H2,1-2H3/t10?,12-/m0/s1. The summed E-state index contributed by atoms with van der Waals surface area (Å²) in [6.45, 7) is 5.61. The van der Waals surface area contributed by atoms with Gasteiger partial charge in [0.15, 0.2) is 0 Å². The van der Waals surface area contributed by atoms with Crippen LogP contribution in [0.15, 0.2) is 0 Å². The third-order valence-corrected chi connectivity index (χ3v) is 4.07. The first kappa shape index (κ1) is 13.4. The Balaban J connectivity index is 1.89. The molecule has 1 aliphatic carbocycles. The molecule has 2 fully saturated rings. The van der Waals surface area contributed by atoms with E-state index >= 15 is 0 Å². The van der Waals surface area contributed by atoms with Crippen molar-refractivity contribution in [2.24, 2.45) is 17.8 Å². The zero-order valence-electron chi connectivity index (χ0n) is 11.4. The Labute approximate surface area is 109 Å². The molecule has 1 saturated carbocycles. The average molecular weight is 253 g/mol. The molecule has 1 amide bonds. The third-order valence-electron chi connectivity index (χ3n) is 4.07. The van der Waals surface area contributed by atoms with E-state index in [4.69, 9.17) is 4.74 Å². The number of nitrogens with zero attached hydrogens (tertiary/aromatic N) is 1. The molecule has 0 bridgehead atoms. The number of ether oxygens (including phenoxy) is 1. The monoisotopic (exact) mass is 253 g/mol. The van der Waals surface area contributed by atoms with Gasteiger partial charge in [-0.2, -0.15) is 0 Å². The first-order chi connectivity index (χ1) is 8.63. The Hall–Kier alpha value is -1.06. The van der Waals surface area contributed by atoms with Crippen molar-refractivity contribution in [1.82, 2.24) is 4.90 Å². The molecule has 18 heavy (non-hydrogen) atoms. The summed E-state index contributed by atoms with van der Waals surface area (Å²) in [6.07, 6.45) is 4.12. The van der Waals surface area contributed by atoms with E-state index in [0.717, 1.165) is 19.4 Å². The highest BCUT2D eigenvalue weighted by atomic mass is 16.5. The molecule has 2 aliphatic rings. The molecule has 1 aliphatic heterocycles. The smallest absolute Gasteiger partial charge is 0.310 e. The number of hydrogen-bond acceptors (Lipinski definition) is 3. The largest absolute Gasteiger partial charge is 0.466 e. The highest BCUT2D eigenvalue weighted by molar-refractivity contribution is 5.80. The summed E-state index contributed by atoms with van der Waals surface area (Å²) < 4.78 is 5.05. The van der Waals surface area contributed by atoms with Crippen molar-refractivity contribution >= 4 is 11.9 Å². The minimum atomic E-state index is -0.144. The van der Waals surface area contributed by atoms with Crippen LogP contribution in [0.4, 0.5) is 0 Å². The summed E-state index contributed by atoms with van der Waals surface area (Å²) in [5, 5.41) is 0. The summed E-state index contributed by atoms with van der Waals surface area (Å²) in [5.74, 6) is 0.682. The lowest BCUT2D eigenvalue weighted by molar-refractivity contribution is -0.152. The fourth-order valence-corrected chi connectivity index (χ4v) is 2.72. The molecule has 0 radical (unpaired) electrons. The summed E-state index contributed by atoms with van der Waals surface area (Å²) in [7, 11) is 0. The number of rotatable bonds is 4. The van der Waals surface area contributed by atoms with E-state index in [9.17, 15) is 9.59 Å². The molecule has 2 atom stereocenters.